The Kier molecular flexibility index (Phi) is 5.41. The van der Waals surface area contributed by atoms with Crippen molar-refractivity contribution in [1.29, 1.82) is 0 Å². The molecule has 4 nitrogen and oxygen atoms in total. The summed E-state index contributed by atoms with van der Waals surface area (Å²) in [5, 5.41) is 2.90. The second-order valence-corrected chi connectivity index (χ2v) is 5.09. The number of carbonyl (C=O) groups is 1. The highest BCUT2D eigenvalue weighted by atomic mass is 35.5. The molecule has 1 aromatic carbocycles. The Morgan fingerprint density at radius 2 is 2.20 bits per heavy atom. The Bertz CT molecular complexity index is 580. The molecule has 0 aliphatic rings. The minimum Gasteiger partial charge on any atom is -0.356 e. The SMILES string of the molecule is CCCNC(=O)CCn1c(CCCl)nc2ccccc21. The first kappa shape index (κ1) is 14.9. The number of alkyl halides is 1. The van der Waals surface area contributed by atoms with Crippen molar-refractivity contribution < 1.29 is 4.79 Å². The molecule has 20 heavy (non-hydrogen) atoms. The van der Waals surface area contributed by atoms with Crippen LogP contribution in [0.4, 0.5) is 0 Å². The molecule has 0 aliphatic carbocycles. The summed E-state index contributed by atoms with van der Waals surface area (Å²) in [6.07, 6.45) is 2.14. The fraction of sp³-hybridized carbons (Fsp3) is 0.467. The fourth-order valence-electron chi connectivity index (χ4n) is 2.22. The van der Waals surface area contributed by atoms with Crippen molar-refractivity contribution in [2.45, 2.75) is 32.7 Å². The third kappa shape index (κ3) is 3.51. The predicted molar refractivity (Wildman–Crippen MR) is 82.1 cm³/mol. The maximum atomic E-state index is 11.7. The van der Waals surface area contributed by atoms with Crippen LogP contribution < -0.4 is 5.32 Å². The van der Waals surface area contributed by atoms with Crippen LogP contribution in [0.2, 0.25) is 0 Å². The van der Waals surface area contributed by atoms with E-state index in [1.54, 1.807) is 0 Å². The van der Waals surface area contributed by atoms with Gasteiger partial charge in [-0.05, 0) is 18.6 Å². The number of hydrogen-bond donors (Lipinski definition) is 1. The molecule has 1 heterocycles. The highest BCUT2D eigenvalue weighted by Gasteiger charge is 2.11. The quantitative estimate of drug-likeness (QED) is 0.798. The van der Waals surface area contributed by atoms with Gasteiger partial charge in [-0.2, -0.15) is 0 Å². The van der Waals surface area contributed by atoms with E-state index in [1.165, 1.54) is 0 Å². The Hall–Kier alpha value is -1.55. The van der Waals surface area contributed by atoms with Crippen LogP contribution in [0.1, 0.15) is 25.6 Å². The molecule has 0 saturated carbocycles. The average Bonchev–Trinajstić information content (AvgIpc) is 2.81. The topological polar surface area (TPSA) is 46.9 Å². The minimum atomic E-state index is 0.0847. The molecular formula is C15H20ClN3O. The van der Waals surface area contributed by atoms with Crippen molar-refractivity contribution in [2.24, 2.45) is 0 Å². The molecule has 0 saturated heterocycles. The highest BCUT2D eigenvalue weighted by molar-refractivity contribution is 6.17. The molecule has 108 valence electrons. The van der Waals surface area contributed by atoms with Gasteiger partial charge in [-0.3, -0.25) is 4.79 Å². The van der Waals surface area contributed by atoms with Crippen molar-refractivity contribution in [3.8, 4) is 0 Å². The number of nitrogens with one attached hydrogen (secondary N) is 1. The molecule has 0 bridgehead atoms. The third-order valence-corrected chi connectivity index (χ3v) is 3.38. The number of nitrogens with zero attached hydrogens (tertiary/aromatic N) is 2. The lowest BCUT2D eigenvalue weighted by molar-refractivity contribution is -0.121. The van der Waals surface area contributed by atoms with Crippen LogP contribution in [0.3, 0.4) is 0 Å². The third-order valence-electron chi connectivity index (χ3n) is 3.19. The van der Waals surface area contributed by atoms with E-state index in [-0.39, 0.29) is 5.91 Å². The molecule has 0 unspecified atom stereocenters. The number of aryl methyl sites for hydroxylation is 2. The summed E-state index contributed by atoms with van der Waals surface area (Å²) in [5.74, 6) is 1.57. The smallest absolute Gasteiger partial charge is 0.221 e. The van der Waals surface area contributed by atoms with Gasteiger partial charge >= 0.3 is 0 Å². The van der Waals surface area contributed by atoms with Gasteiger partial charge in [-0.1, -0.05) is 19.1 Å². The van der Waals surface area contributed by atoms with Gasteiger partial charge in [-0.15, -0.1) is 11.6 Å². The summed E-state index contributed by atoms with van der Waals surface area (Å²) in [4.78, 5) is 16.3. The number of aromatic nitrogens is 2. The zero-order chi connectivity index (χ0) is 14.4. The molecule has 0 spiro atoms. The van der Waals surface area contributed by atoms with Gasteiger partial charge in [0.05, 0.1) is 11.0 Å². The first-order valence-electron chi connectivity index (χ1n) is 7.03. The Morgan fingerprint density at radius 3 is 2.95 bits per heavy atom. The van der Waals surface area contributed by atoms with E-state index >= 15 is 0 Å². The van der Waals surface area contributed by atoms with Crippen LogP contribution in [-0.4, -0.2) is 27.9 Å². The molecule has 2 rings (SSSR count). The van der Waals surface area contributed by atoms with Crippen LogP contribution in [-0.2, 0) is 17.8 Å². The first-order chi connectivity index (χ1) is 9.76. The van der Waals surface area contributed by atoms with E-state index in [4.69, 9.17) is 11.6 Å². The summed E-state index contributed by atoms with van der Waals surface area (Å²) in [5.41, 5.74) is 2.03. The number of carbonyl (C=O) groups excluding carboxylic acids is 1. The summed E-state index contributed by atoms with van der Waals surface area (Å²) in [6.45, 7) is 3.42. The molecular weight excluding hydrogens is 274 g/mol. The number of para-hydroxylation sites is 2. The summed E-state index contributed by atoms with van der Waals surface area (Å²) in [7, 11) is 0. The van der Waals surface area contributed by atoms with E-state index in [1.807, 2.05) is 31.2 Å². The monoisotopic (exact) mass is 293 g/mol. The van der Waals surface area contributed by atoms with E-state index < -0.39 is 0 Å². The molecule has 1 N–H and O–H groups in total. The maximum absolute atomic E-state index is 11.7. The zero-order valence-electron chi connectivity index (χ0n) is 11.7. The minimum absolute atomic E-state index is 0.0847. The number of amides is 1. The maximum Gasteiger partial charge on any atom is 0.221 e. The van der Waals surface area contributed by atoms with E-state index in [9.17, 15) is 4.79 Å². The van der Waals surface area contributed by atoms with Crippen molar-refractivity contribution >= 4 is 28.5 Å². The second-order valence-electron chi connectivity index (χ2n) is 4.71. The zero-order valence-corrected chi connectivity index (χ0v) is 12.5. The van der Waals surface area contributed by atoms with E-state index in [2.05, 4.69) is 14.9 Å². The lowest BCUT2D eigenvalue weighted by Gasteiger charge is -2.08. The van der Waals surface area contributed by atoms with Crippen LogP contribution in [0, 0.1) is 0 Å². The lowest BCUT2D eigenvalue weighted by atomic mass is 10.3. The molecule has 0 aliphatic heterocycles. The lowest BCUT2D eigenvalue weighted by Crippen LogP contribution is -2.25. The van der Waals surface area contributed by atoms with Crippen molar-refractivity contribution in [2.75, 3.05) is 12.4 Å². The molecule has 1 aromatic heterocycles. The van der Waals surface area contributed by atoms with Crippen molar-refractivity contribution in [1.82, 2.24) is 14.9 Å². The van der Waals surface area contributed by atoms with E-state index in [0.29, 0.717) is 25.3 Å². The molecule has 2 aromatic rings. The molecule has 5 heteroatoms. The number of hydrogen-bond acceptors (Lipinski definition) is 2. The van der Waals surface area contributed by atoms with Crippen molar-refractivity contribution in [3.63, 3.8) is 0 Å². The number of fused-ring (bicyclic) bond motifs is 1. The van der Waals surface area contributed by atoms with Gasteiger partial charge in [0.1, 0.15) is 5.82 Å². The molecule has 0 atom stereocenters. The highest BCUT2D eigenvalue weighted by Crippen LogP contribution is 2.17. The molecule has 1 amide bonds. The normalized spacial score (nSPS) is 10.9. The number of halogens is 1. The predicted octanol–water partition coefficient (Wildman–Crippen LogP) is 2.73. The van der Waals surface area contributed by atoms with Crippen LogP contribution in [0.15, 0.2) is 24.3 Å². The van der Waals surface area contributed by atoms with E-state index in [0.717, 1.165) is 29.8 Å². The van der Waals surface area contributed by atoms with Gasteiger partial charge in [0, 0.05) is 31.8 Å². The Balaban J connectivity index is 2.14. The number of benzene rings is 1. The molecule has 0 fully saturated rings. The standard InChI is InChI=1S/C15H20ClN3O/c1-2-10-17-15(20)8-11-19-13-6-4-3-5-12(13)18-14(19)7-9-16/h3-6H,2,7-11H2,1H3,(H,17,20). The Morgan fingerprint density at radius 1 is 1.40 bits per heavy atom. The van der Waals surface area contributed by atoms with Gasteiger partial charge in [0.25, 0.3) is 0 Å². The number of rotatable bonds is 7. The van der Waals surface area contributed by atoms with Crippen LogP contribution >= 0.6 is 11.6 Å². The first-order valence-corrected chi connectivity index (χ1v) is 7.56. The second kappa shape index (κ2) is 7.29. The van der Waals surface area contributed by atoms with Crippen molar-refractivity contribution in [3.05, 3.63) is 30.1 Å². The molecule has 0 radical (unpaired) electrons. The summed E-state index contributed by atoms with van der Waals surface area (Å²) in [6, 6.07) is 7.98. The van der Waals surface area contributed by atoms with Gasteiger partial charge in [0.2, 0.25) is 5.91 Å². The Labute approximate surface area is 124 Å². The van der Waals surface area contributed by atoms with Gasteiger partial charge in [-0.25, -0.2) is 4.98 Å². The average molecular weight is 294 g/mol. The summed E-state index contributed by atoms with van der Waals surface area (Å²) < 4.78 is 2.10. The number of imidazole rings is 1. The van der Waals surface area contributed by atoms with Gasteiger partial charge < -0.3 is 9.88 Å². The van der Waals surface area contributed by atoms with Crippen LogP contribution in [0.25, 0.3) is 11.0 Å². The van der Waals surface area contributed by atoms with Gasteiger partial charge in [0.15, 0.2) is 0 Å². The van der Waals surface area contributed by atoms with Crippen LogP contribution in [0.5, 0.6) is 0 Å². The fourth-order valence-corrected chi connectivity index (χ4v) is 2.39. The summed E-state index contributed by atoms with van der Waals surface area (Å²) >= 11 is 5.83. The largest absolute Gasteiger partial charge is 0.356 e.